The highest BCUT2D eigenvalue weighted by Crippen LogP contribution is 2.38. The van der Waals surface area contributed by atoms with Gasteiger partial charge >= 0.3 is 0 Å². The van der Waals surface area contributed by atoms with Crippen LogP contribution in [0.1, 0.15) is 48.7 Å². The van der Waals surface area contributed by atoms with Crippen molar-refractivity contribution in [2.75, 3.05) is 26.7 Å². The van der Waals surface area contributed by atoms with Crippen molar-refractivity contribution >= 4 is 23.2 Å². The van der Waals surface area contributed by atoms with Gasteiger partial charge in [0.05, 0.1) is 19.7 Å². The van der Waals surface area contributed by atoms with Gasteiger partial charge in [-0.2, -0.15) is 0 Å². The SMILES string of the molecule is CCCN(CC(=O)N1CCc2sccc2[C@H]1c1ccc(OC)cc1)C(=O)CC. The summed E-state index contributed by atoms with van der Waals surface area (Å²) >= 11 is 1.75. The molecule has 1 aliphatic heterocycles. The fourth-order valence-corrected chi connectivity index (χ4v) is 4.67. The number of methoxy groups -OCH3 is 1. The number of rotatable bonds is 7. The molecule has 3 rings (SSSR count). The molecule has 1 aromatic carbocycles. The fourth-order valence-electron chi connectivity index (χ4n) is 3.77. The highest BCUT2D eigenvalue weighted by atomic mass is 32.1. The molecule has 0 unspecified atom stereocenters. The van der Waals surface area contributed by atoms with Gasteiger partial charge in [-0.05, 0) is 47.5 Å². The van der Waals surface area contributed by atoms with Crippen molar-refractivity contribution in [1.29, 1.82) is 0 Å². The van der Waals surface area contributed by atoms with E-state index in [9.17, 15) is 9.59 Å². The number of ether oxygens (including phenoxy) is 1. The average Bonchev–Trinajstić information content (AvgIpc) is 3.21. The molecule has 0 fully saturated rings. The zero-order valence-electron chi connectivity index (χ0n) is 16.8. The molecular formula is C22H28N2O3S. The van der Waals surface area contributed by atoms with Gasteiger partial charge in [0.2, 0.25) is 11.8 Å². The third-order valence-electron chi connectivity index (χ3n) is 5.19. The fraction of sp³-hybridized carbons (Fsp3) is 0.455. The summed E-state index contributed by atoms with van der Waals surface area (Å²) in [7, 11) is 1.65. The van der Waals surface area contributed by atoms with Crippen molar-refractivity contribution in [2.45, 2.75) is 39.2 Å². The van der Waals surface area contributed by atoms with Gasteiger partial charge in [0.25, 0.3) is 0 Å². The predicted octanol–water partition coefficient (Wildman–Crippen LogP) is 3.88. The first-order chi connectivity index (χ1) is 13.6. The maximum absolute atomic E-state index is 13.3. The largest absolute Gasteiger partial charge is 0.497 e. The van der Waals surface area contributed by atoms with Crippen LogP contribution in [-0.2, 0) is 16.0 Å². The maximum Gasteiger partial charge on any atom is 0.242 e. The Morgan fingerprint density at radius 3 is 2.61 bits per heavy atom. The summed E-state index contributed by atoms with van der Waals surface area (Å²) in [6.07, 6.45) is 2.13. The highest BCUT2D eigenvalue weighted by Gasteiger charge is 2.33. The van der Waals surface area contributed by atoms with Gasteiger partial charge in [0.15, 0.2) is 0 Å². The molecule has 0 bridgehead atoms. The number of hydrogen-bond donors (Lipinski definition) is 0. The first-order valence-electron chi connectivity index (χ1n) is 9.86. The zero-order valence-corrected chi connectivity index (χ0v) is 17.6. The number of amides is 2. The van der Waals surface area contributed by atoms with E-state index >= 15 is 0 Å². The van der Waals surface area contributed by atoms with Crippen molar-refractivity contribution in [3.63, 3.8) is 0 Å². The maximum atomic E-state index is 13.3. The molecule has 6 heteroatoms. The van der Waals surface area contributed by atoms with Crippen LogP contribution in [0.4, 0.5) is 0 Å². The molecule has 1 aromatic heterocycles. The van der Waals surface area contributed by atoms with E-state index in [0.717, 1.165) is 24.2 Å². The third-order valence-corrected chi connectivity index (χ3v) is 6.19. The number of nitrogens with zero attached hydrogens (tertiary/aromatic N) is 2. The predicted molar refractivity (Wildman–Crippen MR) is 112 cm³/mol. The van der Waals surface area contributed by atoms with E-state index in [0.29, 0.717) is 19.5 Å². The minimum atomic E-state index is -0.117. The second kappa shape index (κ2) is 9.24. The Morgan fingerprint density at radius 2 is 1.96 bits per heavy atom. The van der Waals surface area contributed by atoms with Crippen LogP contribution in [0.5, 0.6) is 5.75 Å². The molecule has 2 aromatic rings. The molecule has 0 saturated heterocycles. The van der Waals surface area contributed by atoms with E-state index in [1.54, 1.807) is 23.3 Å². The van der Waals surface area contributed by atoms with Gasteiger partial charge in [0.1, 0.15) is 5.75 Å². The Hall–Kier alpha value is -2.34. The summed E-state index contributed by atoms with van der Waals surface area (Å²) in [5.74, 6) is 0.836. The van der Waals surface area contributed by atoms with Gasteiger partial charge in [-0.15, -0.1) is 11.3 Å². The Morgan fingerprint density at radius 1 is 1.21 bits per heavy atom. The zero-order chi connectivity index (χ0) is 20.1. The molecule has 0 N–H and O–H groups in total. The second-order valence-corrected chi connectivity index (χ2v) is 7.98. The highest BCUT2D eigenvalue weighted by molar-refractivity contribution is 7.10. The summed E-state index contributed by atoms with van der Waals surface area (Å²) in [5, 5.41) is 2.10. The summed E-state index contributed by atoms with van der Waals surface area (Å²) in [6.45, 7) is 5.30. The van der Waals surface area contributed by atoms with Crippen molar-refractivity contribution in [3.05, 3.63) is 51.7 Å². The van der Waals surface area contributed by atoms with Crippen LogP contribution in [0, 0.1) is 0 Å². The van der Waals surface area contributed by atoms with Crippen LogP contribution in [0.25, 0.3) is 0 Å². The normalized spacial score (nSPS) is 15.8. The van der Waals surface area contributed by atoms with Crippen LogP contribution in [0.3, 0.4) is 0 Å². The molecule has 2 amide bonds. The molecule has 28 heavy (non-hydrogen) atoms. The van der Waals surface area contributed by atoms with E-state index in [1.807, 2.05) is 43.0 Å². The van der Waals surface area contributed by atoms with Crippen molar-refractivity contribution < 1.29 is 14.3 Å². The number of fused-ring (bicyclic) bond motifs is 1. The smallest absolute Gasteiger partial charge is 0.242 e. The number of carbonyl (C=O) groups excluding carboxylic acids is 2. The molecular weight excluding hydrogens is 372 g/mol. The molecule has 150 valence electrons. The number of thiophene rings is 1. The number of hydrogen-bond acceptors (Lipinski definition) is 4. The van der Waals surface area contributed by atoms with Gasteiger partial charge in [-0.3, -0.25) is 9.59 Å². The summed E-state index contributed by atoms with van der Waals surface area (Å²) in [5.41, 5.74) is 2.26. The molecule has 0 saturated carbocycles. The molecule has 0 radical (unpaired) electrons. The van der Waals surface area contributed by atoms with Crippen LogP contribution < -0.4 is 4.74 Å². The van der Waals surface area contributed by atoms with E-state index in [2.05, 4.69) is 11.4 Å². The lowest BCUT2D eigenvalue weighted by Crippen LogP contribution is -2.46. The lowest BCUT2D eigenvalue weighted by atomic mass is 9.93. The Bertz CT molecular complexity index is 815. The summed E-state index contributed by atoms with van der Waals surface area (Å²) in [6, 6.07) is 9.92. The number of carbonyl (C=O) groups is 2. The van der Waals surface area contributed by atoms with Crippen LogP contribution >= 0.6 is 11.3 Å². The lowest BCUT2D eigenvalue weighted by molar-refractivity contribution is -0.141. The molecule has 1 atom stereocenters. The Labute approximate surface area is 170 Å². The van der Waals surface area contributed by atoms with E-state index in [-0.39, 0.29) is 24.4 Å². The van der Waals surface area contributed by atoms with Gasteiger partial charge in [0, 0.05) is 24.4 Å². The van der Waals surface area contributed by atoms with E-state index < -0.39 is 0 Å². The molecule has 2 heterocycles. The first-order valence-corrected chi connectivity index (χ1v) is 10.7. The summed E-state index contributed by atoms with van der Waals surface area (Å²) in [4.78, 5) is 30.5. The minimum absolute atomic E-state index is 0.00733. The molecule has 1 aliphatic rings. The Kier molecular flexibility index (Phi) is 6.73. The molecule has 5 nitrogen and oxygen atoms in total. The van der Waals surface area contributed by atoms with E-state index in [4.69, 9.17) is 4.74 Å². The monoisotopic (exact) mass is 400 g/mol. The van der Waals surface area contributed by atoms with Crippen LogP contribution in [0.2, 0.25) is 0 Å². The molecule has 0 aliphatic carbocycles. The molecule has 0 spiro atoms. The summed E-state index contributed by atoms with van der Waals surface area (Å²) < 4.78 is 5.28. The second-order valence-electron chi connectivity index (χ2n) is 6.98. The van der Waals surface area contributed by atoms with Gasteiger partial charge < -0.3 is 14.5 Å². The van der Waals surface area contributed by atoms with Crippen molar-refractivity contribution in [2.24, 2.45) is 0 Å². The standard InChI is InChI=1S/C22H28N2O3S/c1-4-12-23(20(25)5-2)15-21(26)24-13-10-19-18(11-14-28-19)22(24)16-6-8-17(27-3)9-7-16/h6-9,11,14,22H,4-5,10,12-13,15H2,1-3H3/t22-/m1/s1. The minimum Gasteiger partial charge on any atom is -0.497 e. The first kappa shape index (κ1) is 20.4. The third kappa shape index (κ3) is 4.22. The quantitative estimate of drug-likeness (QED) is 0.709. The van der Waals surface area contributed by atoms with Crippen LogP contribution in [-0.4, -0.2) is 48.4 Å². The van der Waals surface area contributed by atoms with E-state index in [1.165, 1.54) is 10.4 Å². The Balaban J connectivity index is 1.89. The lowest BCUT2D eigenvalue weighted by Gasteiger charge is -2.37. The average molecular weight is 401 g/mol. The van der Waals surface area contributed by atoms with Crippen molar-refractivity contribution in [3.8, 4) is 5.75 Å². The van der Waals surface area contributed by atoms with Gasteiger partial charge in [-0.1, -0.05) is 26.0 Å². The van der Waals surface area contributed by atoms with Crippen molar-refractivity contribution in [1.82, 2.24) is 9.80 Å². The topological polar surface area (TPSA) is 49.9 Å². The number of benzene rings is 1. The van der Waals surface area contributed by atoms with Crippen LogP contribution in [0.15, 0.2) is 35.7 Å². The van der Waals surface area contributed by atoms with Gasteiger partial charge in [-0.25, -0.2) is 0 Å².